The van der Waals surface area contributed by atoms with Gasteiger partial charge in [0.25, 0.3) is 0 Å². The van der Waals surface area contributed by atoms with Crippen molar-refractivity contribution in [1.82, 2.24) is 4.90 Å². The third-order valence-electron chi connectivity index (χ3n) is 3.60. The zero-order valence-corrected chi connectivity index (χ0v) is 11.7. The molecular formula is C13H26N4O2. The van der Waals surface area contributed by atoms with E-state index in [4.69, 9.17) is 17.2 Å². The molecule has 0 bridgehead atoms. The van der Waals surface area contributed by atoms with Crippen LogP contribution in [0.5, 0.6) is 0 Å². The Morgan fingerprint density at radius 2 is 2.00 bits per heavy atom. The van der Waals surface area contributed by atoms with Crippen LogP contribution in [0.25, 0.3) is 0 Å². The largest absolute Gasteiger partial charge is 0.331 e. The molecule has 0 aromatic carbocycles. The topological polar surface area (TPSA) is 115 Å². The minimum atomic E-state index is -0.535. The average Bonchev–Trinajstić information content (AvgIpc) is 2.85. The molecule has 19 heavy (non-hydrogen) atoms. The van der Waals surface area contributed by atoms with Gasteiger partial charge in [0.2, 0.25) is 5.91 Å². The number of rotatable bonds is 7. The van der Waals surface area contributed by atoms with Crippen molar-refractivity contribution in [2.24, 2.45) is 17.2 Å². The van der Waals surface area contributed by atoms with Crippen molar-refractivity contribution in [1.29, 1.82) is 0 Å². The number of nitrogens with two attached hydrogens (primary N) is 3. The van der Waals surface area contributed by atoms with E-state index in [1.807, 2.05) is 0 Å². The molecule has 1 aliphatic heterocycles. The number of ketones is 1. The zero-order chi connectivity index (χ0) is 14.4. The second-order valence-electron chi connectivity index (χ2n) is 5.27. The van der Waals surface area contributed by atoms with Gasteiger partial charge in [-0.2, -0.15) is 0 Å². The van der Waals surface area contributed by atoms with E-state index >= 15 is 0 Å². The molecular weight excluding hydrogens is 244 g/mol. The third-order valence-corrected chi connectivity index (χ3v) is 3.60. The van der Waals surface area contributed by atoms with Crippen molar-refractivity contribution in [2.45, 2.75) is 57.2 Å². The molecule has 1 rings (SSSR count). The normalized spacial score (nSPS) is 22.3. The molecule has 0 radical (unpaired) electrons. The Labute approximate surface area is 114 Å². The van der Waals surface area contributed by atoms with Crippen LogP contribution in [0, 0.1) is 0 Å². The van der Waals surface area contributed by atoms with Crippen molar-refractivity contribution < 1.29 is 9.59 Å². The van der Waals surface area contributed by atoms with Crippen molar-refractivity contribution in [3.63, 3.8) is 0 Å². The molecule has 0 spiro atoms. The second-order valence-corrected chi connectivity index (χ2v) is 5.27. The Morgan fingerprint density at radius 3 is 2.58 bits per heavy atom. The summed E-state index contributed by atoms with van der Waals surface area (Å²) in [6.07, 6.45) is 3.85. The lowest BCUT2D eigenvalue weighted by molar-refractivity contribution is -0.139. The Bertz CT molecular complexity index is 320. The minimum absolute atomic E-state index is 0.0694. The number of unbranched alkanes of at least 4 members (excludes halogenated alkanes) is 1. The zero-order valence-electron chi connectivity index (χ0n) is 11.7. The molecule has 6 heteroatoms. The highest BCUT2D eigenvalue weighted by atomic mass is 16.2. The summed E-state index contributed by atoms with van der Waals surface area (Å²) in [6, 6.07) is -1.45. The van der Waals surface area contributed by atoms with Gasteiger partial charge in [-0.15, -0.1) is 0 Å². The van der Waals surface area contributed by atoms with Crippen LogP contribution in [0.1, 0.15) is 39.0 Å². The summed E-state index contributed by atoms with van der Waals surface area (Å²) in [5.41, 5.74) is 16.9. The van der Waals surface area contributed by atoms with Gasteiger partial charge in [0, 0.05) is 6.54 Å². The molecule has 1 unspecified atom stereocenters. The fourth-order valence-corrected chi connectivity index (χ4v) is 2.47. The molecule has 0 aromatic heterocycles. The van der Waals surface area contributed by atoms with Crippen LogP contribution in [-0.2, 0) is 9.59 Å². The van der Waals surface area contributed by atoms with Gasteiger partial charge >= 0.3 is 0 Å². The van der Waals surface area contributed by atoms with Gasteiger partial charge in [-0.25, -0.2) is 0 Å². The van der Waals surface area contributed by atoms with Crippen molar-refractivity contribution in [2.75, 3.05) is 13.1 Å². The number of nitrogens with zero attached hydrogens (tertiary/aromatic N) is 1. The summed E-state index contributed by atoms with van der Waals surface area (Å²) in [7, 11) is 0. The van der Waals surface area contributed by atoms with E-state index in [9.17, 15) is 9.59 Å². The lowest BCUT2D eigenvalue weighted by atomic mass is 10.0. The first-order valence-electron chi connectivity index (χ1n) is 7.04. The fourth-order valence-electron chi connectivity index (χ4n) is 2.47. The first kappa shape index (κ1) is 16.1. The van der Waals surface area contributed by atoms with Crippen LogP contribution in [-0.4, -0.2) is 47.8 Å². The summed E-state index contributed by atoms with van der Waals surface area (Å²) in [5, 5.41) is 0. The third kappa shape index (κ3) is 4.26. The number of hydrogen-bond acceptors (Lipinski definition) is 5. The molecule has 0 aromatic rings. The maximum Gasteiger partial charge on any atom is 0.240 e. The van der Waals surface area contributed by atoms with Gasteiger partial charge in [0.15, 0.2) is 5.78 Å². The molecule has 6 N–H and O–H groups in total. The van der Waals surface area contributed by atoms with E-state index in [2.05, 4.69) is 0 Å². The maximum absolute atomic E-state index is 12.3. The van der Waals surface area contributed by atoms with Crippen LogP contribution in [0.2, 0.25) is 0 Å². The lowest BCUT2D eigenvalue weighted by Gasteiger charge is -2.27. The average molecular weight is 270 g/mol. The van der Waals surface area contributed by atoms with E-state index in [-0.39, 0.29) is 17.7 Å². The van der Waals surface area contributed by atoms with Gasteiger partial charge in [0.05, 0.1) is 18.1 Å². The molecule has 110 valence electrons. The maximum atomic E-state index is 12.3. The van der Waals surface area contributed by atoms with Gasteiger partial charge in [0.1, 0.15) is 0 Å². The van der Waals surface area contributed by atoms with E-state index < -0.39 is 12.1 Å². The molecule has 6 nitrogen and oxygen atoms in total. The number of carbonyl (C=O) groups excluding carboxylic acids is 2. The molecule has 0 aliphatic carbocycles. The Morgan fingerprint density at radius 1 is 1.32 bits per heavy atom. The SMILES string of the molecule is CC(N)C(=O)[C@@H]1CCCN1C(=O)[C@@H](N)CCCCN. The summed E-state index contributed by atoms with van der Waals surface area (Å²) >= 11 is 0. The van der Waals surface area contributed by atoms with E-state index in [0.29, 0.717) is 25.9 Å². The molecule has 1 heterocycles. The van der Waals surface area contributed by atoms with E-state index in [1.165, 1.54) is 0 Å². The van der Waals surface area contributed by atoms with Crippen molar-refractivity contribution >= 4 is 11.7 Å². The first-order valence-corrected chi connectivity index (χ1v) is 7.04. The summed E-state index contributed by atoms with van der Waals surface area (Å²) < 4.78 is 0. The van der Waals surface area contributed by atoms with Gasteiger partial charge < -0.3 is 22.1 Å². The lowest BCUT2D eigenvalue weighted by Crippen LogP contribution is -2.51. The highest BCUT2D eigenvalue weighted by molar-refractivity contribution is 5.93. The van der Waals surface area contributed by atoms with E-state index in [0.717, 1.165) is 19.3 Å². The van der Waals surface area contributed by atoms with Crippen LogP contribution in [0.4, 0.5) is 0 Å². The van der Waals surface area contributed by atoms with Crippen molar-refractivity contribution in [3.05, 3.63) is 0 Å². The minimum Gasteiger partial charge on any atom is -0.331 e. The Balaban J connectivity index is 2.57. The van der Waals surface area contributed by atoms with Crippen LogP contribution in [0.3, 0.4) is 0 Å². The predicted octanol–water partition coefficient (Wildman–Crippen LogP) is -0.650. The summed E-state index contributed by atoms with van der Waals surface area (Å²) in [6.45, 7) is 2.87. The second kappa shape index (κ2) is 7.57. The van der Waals surface area contributed by atoms with E-state index in [1.54, 1.807) is 11.8 Å². The monoisotopic (exact) mass is 270 g/mol. The first-order chi connectivity index (χ1) is 8.99. The van der Waals surface area contributed by atoms with Gasteiger partial charge in [-0.1, -0.05) is 6.42 Å². The number of hydrogen-bond donors (Lipinski definition) is 3. The Kier molecular flexibility index (Phi) is 6.41. The van der Waals surface area contributed by atoms with Crippen molar-refractivity contribution in [3.8, 4) is 0 Å². The van der Waals surface area contributed by atoms with Crippen LogP contribution in [0.15, 0.2) is 0 Å². The summed E-state index contributed by atoms with van der Waals surface area (Å²) in [5.74, 6) is -0.200. The highest BCUT2D eigenvalue weighted by Gasteiger charge is 2.36. The molecule has 1 aliphatic rings. The molecule has 1 saturated heterocycles. The van der Waals surface area contributed by atoms with Gasteiger partial charge in [-0.3, -0.25) is 9.59 Å². The fraction of sp³-hybridized carbons (Fsp3) is 0.846. The molecule has 1 amide bonds. The van der Waals surface area contributed by atoms with Crippen LogP contribution >= 0.6 is 0 Å². The van der Waals surface area contributed by atoms with Crippen LogP contribution < -0.4 is 17.2 Å². The number of likely N-dealkylation sites (tertiary alicyclic amines) is 1. The molecule has 0 saturated carbocycles. The number of carbonyl (C=O) groups is 2. The number of amides is 1. The van der Waals surface area contributed by atoms with Gasteiger partial charge in [-0.05, 0) is 39.2 Å². The Hall–Kier alpha value is -0.980. The number of Topliss-reactive ketones (excluding diaryl/α,β-unsaturated/α-hetero) is 1. The summed E-state index contributed by atoms with van der Waals surface area (Å²) in [4.78, 5) is 25.8. The molecule has 1 fully saturated rings. The molecule has 3 atom stereocenters. The highest BCUT2D eigenvalue weighted by Crippen LogP contribution is 2.20. The quantitative estimate of drug-likeness (QED) is 0.532. The predicted molar refractivity (Wildman–Crippen MR) is 74.3 cm³/mol. The smallest absolute Gasteiger partial charge is 0.240 e. The standard InChI is InChI=1S/C13H26N4O2/c1-9(15)12(18)11-6-4-8-17(11)13(19)10(16)5-2-3-7-14/h9-11H,2-8,14-16H2,1H3/t9?,10-,11-/m0/s1.